The molecule has 1 aliphatic carbocycles. The molecule has 1 aromatic rings. The van der Waals surface area contributed by atoms with Crippen LogP contribution >= 0.6 is 0 Å². The Hall–Kier alpha value is -1.49. The lowest BCUT2D eigenvalue weighted by Crippen LogP contribution is -2.34. The Morgan fingerprint density at radius 3 is 2.75 bits per heavy atom. The molecule has 1 atom stereocenters. The van der Waals surface area contributed by atoms with Crippen LogP contribution < -0.4 is 5.32 Å². The number of nitro groups is 1. The zero-order valence-corrected chi connectivity index (χ0v) is 11.8. The van der Waals surface area contributed by atoms with Gasteiger partial charge in [0.1, 0.15) is 0 Å². The highest BCUT2D eigenvalue weighted by Crippen LogP contribution is 2.27. The van der Waals surface area contributed by atoms with E-state index >= 15 is 0 Å². The van der Waals surface area contributed by atoms with Gasteiger partial charge >= 0.3 is 5.69 Å². The maximum Gasteiger partial charge on any atom is 0.305 e. The average molecular weight is 280 g/mol. The Balaban J connectivity index is 1.96. The molecule has 1 aliphatic rings. The second-order valence-electron chi connectivity index (χ2n) is 5.58. The van der Waals surface area contributed by atoms with Crippen LogP contribution in [0.3, 0.4) is 0 Å². The molecule has 2 rings (SSSR count). The van der Waals surface area contributed by atoms with Gasteiger partial charge in [0.05, 0.1) is 4.92 Å². The number of nitro benzene ring substituents is 1. The molecule has 1 fully saturated rings. The topological polar surface area (TPSA) is 55.2 Å². The third-order valence-corrected chi connectivity index (χ3v) is 4.23. The van der Waals surface area contributed by atoms with Gasteiger partial charge in [0.2, 0.25) is 5.82 Å². The maximum absolute atomic E-state index is 13.9. The molecule has 0 amide bonds. The maximum atomic E-state index is 13.9. The van der Waals surface area contributed by atoms with Crippen molar-refractivity contribution in [3.63, 3.8) is 0 Å². The van der Waals surface area contributed by atoms with E-state index in [1.807, 2.05) is 0 Å². The average Bonchev–Trinajstić information content (AvgIpc) is 2.46. The van der Waals surface area contributed by atoms with E-state index in [4.69, 9.17) is 0 Å². The first-order chi connectivity index (χ1) is 9.59. The molecule has 0 spiro atoms. The lowest BCUT2D eigenvalue weighted by Gasteiger charge is -2.28. The number of halogens is 1. The van der Waals surface area contributed by atoms with Crippen LogP contribution in [0.2, 0.25) is 0 Å². The van der Waals surface area contributed by atoms with Crippen LogP contribution in [0.5, 0.6) is 0 Å². The van der Waals surface area contributed by atoms with Crippen LogP contribution in [0.4, 0.5) is 10.1 Å². The monoisotopic (exact) mass is 280 g/mol. The number of nitrogens with one attached hydrogen (secondary N) is 1. The van der Waals surface area contributed by atoms with Crippen LogP contribution in [0.1, 0.15) is 44.6 Å². The summed E-state index contributed by atoms with van der Waals surface area (Å²) >= 11 is 0. The molecule has 4 nitrogen and oxygen atoms in total. The van der Waals surface area contributed by atoms with Crippen molar-refractivity contribution in [1.29, 1.82) is 0 Å². The predicted molar refractivity (Wildman–Crippen MR) is 75.9 cm³/mol. The van der Waals surface area contributed by atoms with Gasteiger partial charge in [-0.15, -0.1) is 0 Å². The second-order valence-corrected chi connectivity index (χ2v) is 5.58. The quantitative estimate of drug-likeness (QED) is 0.659. The molecular weight excluding hydrogens is 259 g/mol. The van der Waals surface area contributed by atoms with Gasteiger partial charge in [-0.3, -0.25) is 10.1 Å². The fraction of sp³-hybridized carbons (Fsp3) is 0.600. The normalized spacial score (nSPS) is 17.9. The van der Waals surface area contributed by atoms with Crippen molar-refractivity contribution in [3.8, 4) is 0 Å². The van der Waals surface area contributed by atoms with E-state index < -0.39 is 16.4 Å². The van der Waals surface area contributed by atoms with Crippen molar-refractivity contribution in [2.75, 3.05) is 0 Å². The molecule has 20 heavy (non-hydrogen) atoms. The van der Waals surface area contributed by atoms with Crippen molar-refractivity contribution < 1.29 is 9.31 Å². The Morgan fingerprint density at radius 2 is 2.10 bits per heavy atom. The standard InChI is InChI=1S/C15H21FN2O2/c1-11(12-6-3-2-4-7-12)17-10-13-8-5-9-14(15(13)16)18(19)20/h5,8-9,11-12,17H,2-4,6-7,10H2,1H3/t11-/m1/s1. The first kappa shape index (κ1) is 14.9. The fourth-order valence-corrected chi connectivity index (χ4v) is 2.92. The van der Waals surface area contributed by atoms with Gasteiger partial charge in [-0.1, -0.05) is 31.4 Å². The smallest absolute Gasteiger partial charge is 0.305 e. The van der Waals surface area contributed by atoms with Crippen LogP contribution in [-0.4, -0.2) is 11.0 Å². The molecule has 1 N–H and O–H groups in total. The second kappa shape index (κ2) is 6.79. The van der Waals surface area contributed by atoms with Crippen LogP contribution in [0.15, 0.2) is 18.2 Å². The number of nitrogens with zero attached hydrogens (tertiary/aromatic N) is 1. The molecule has 1 aromatic carbocycles. The highest BCUT2D eigenvalue weighted by atomic mass is 19.1. The molecular formula is C15H21FN2O2. The van der Waals surface area contributed by atoms with E-state index in [1.54, 1.807) is 6.07 Å². The third kappa shape index (κ3) is 3.54. The largest absolute Gasteiger partial charge is 0.310 e. The molecule has 0 aromatic heterocycles. The zero-order chi connectivity index (χ0) is 14.5. The summed E-state index contributed by atoms with van der Waals surface area (Å²) in [6.07, 6.45) is 6.27. The van der Waals surface area contributed by atoms with Gasteiger partial charge < -0.3 is 5.32 Å². The van der Waals surface area contributed by atoms with Gasteiger partial charge in [0, 0.05) is 24.2 Å². The fourth-order valence-electron chi connectivity index (χ4n) is 2.92. The van der Waals surface area contributed by atoms with E-state index in [9.17, 15) is 14.5 Å². The van der Waals surface area contributed by atoms with Gasteiger partial charge in [0.15, 0.2) is 0 Å². The molecule has 0 radical (unpaired) electrons. The molecule has 110 valence electrons. The first-order valence-electron chi connectivity index (χ1n) is 7.24. The lowest BCUT2D eigenvalue weighted by molar-refractivity contribution is -0.387. The van der Waals surface area contributed by atoms with Crippen molar-refractivity contribution >= 4 is 5.69 Å². The lowest BCUT2D eigenvalue weighted by atomic mass is 9.84. The summed E-state index contributed by atoms with van der Waals surface area (Å²) in [6.45, 7) is 2.45. The van der Waals surface area contributed by atoms with Crippen LogP contribution in [0.25, 0.3) is 0 Å². The van der Waals surface area contributed by atoms with Crippen molar-refractivity contribution in [1.82, 2.24) is 5.32 Å². The van der Waals surface area contributed by atoms with Gasteiger partial charge in [-0.2, -0.15) is 4.39 Å². The molecule has 0 saturated heterocycles. The highest BCUT2D eigenvalue weighted by Gasteiger charge is 2.21. The molecule has 0 heterocycles. The van der Waals surface area contributed by atoms with Crippen LogP contribution in [-0.2, 0) is 6.54 Å². The van der Waals surface area contributed by atoms with Gasteiger partial charge in [-0.25, -0.2) is 0 Å². The number of hydrogen-bond acceptors (Lipinski definition) is 3. The molecule has 1 saturated carbocycles. The summed E-state index contributed by atoms with van der Waals surface area (Å²) in [4.78, 5) is 10.0. The first-order valence-corrected chi connectivity index (χ1v) is 7.24. The third-order valence-electron chi connectivity index (χ3n) is 4.23. The SMILES string of the molecule is C[C@@H](NCc1cccc([N+](=O)[O-])c1F)C1CCCCC1. The zero-order valence-electron chi connectivity index (χ0n) is 11.8. The minimum Gasteiger partial charge on any atom is -0.310 e. The minimum absolute atomic E-state index is 0.314. The van der Waals surface area contributed by atoms with Gasteiger partial charge in [-0.05, 0) is 25.7 Å². The summed E-state index contributed by atoms with van der Waals surface area (Å²) in [5.41, 5.74) is -0.0866. The molecule has 0 unspecified atom stereocenters. The Kier molecular flexibility index (Phi) is 5.06. The van der Waals surface area contributed by atoms with Crippen molar-refractivity contribution in [2.24, 2.45) is 5.92 Å². The number of benzene rings is 1. The Morgan fingerprint density at radius 1 is 1.40 bits per heavy atom. The van der Waals surface area contributed by atoms with E-state index in [2.05, 4.69) is 12.2 Å². The van der Waals surface area contributed by atoms with E-state index in [0.29, 0.717) is 24.1 Å². The van der Waals surface area contributed by atoms with Crippen LogP contribution in [0, 0.1) is 21.8 Å². The van der Waals surface area contributed by atoms with Crippen molar-refractivity contribution in [3.05, 3.63) is 39.7 Å². The Bertz CT molecular complexity index is 473. The van der Waals surface area contributed by atoms with Gasteiger partial charge in [0.25, 0.3) is 0 Å². The van der Waals surface area contributed by atoms with Crippen molar-refractivity contribution in [2.45, 2.75) is 51.6 Å². The number of hydrogen-bond donors (Lipinski definition) is 1. The van der Waals surface area contributed by atoms with E-state index in [1.165, 1.54) is 44.2 Å². The molecule has 0 bridgehead atoms. The predicted octanol–water partition coefficient (Wildman–Crippen LogP) is 3.79. The summed E-state index contributed by atoms with van der Waals surface area (Å²) in [5.74, 6) is -0.0913. The summed E-state index contributed by atoms with van der Waals surface area (Å²) in [6, 6.07) is 4.64. The summed E-state index contributed by atoms with van der Waals surface area (Å²) in [7, 11) is 0. The highest BCUT2D eigenvalue weighted by molar-refractivity contribution is 5.36. The number of rotatable bonds is 5. The molecule has 0 aliphatic heterocycles. The summed E-state index contributed by atoms with van der Waals surface area (Å²) in [5, 5.41) is 14.0. The van der Waals surface area contributed by atoms with E-state index in [-0.39, 0.29) is 0 Å². The summed E-state index contributed by atoms with van der Waals surface area (Å²) < 4.78 is 13.9. The Labute approximate surface area is 118 Å². The molecule has 5 heteroatoms. The minimum atomic E-state index is -0.721. The van der Waals surface area contributed by atoms with E-state index in [0.717, 1.165) is 0 Å².